The van der Waals surface area contributed by atoms with E-state index in [9.17, 15) is 9.59 Å². The molecule has 0 unspecified atom stereocenters. The average molecular weight is 280 g/mol. The van der Waals surface area contributed by atoms with Crippen LogP contribution in [0.3, 0.4) is 0 Å². The number of amides is 3. The third-order valence-electron chi connectivity index (χ3n) is 4.63. The van der Waals surface area contributed by atoms with E-state index in [0.717, 1.165) is 36.5 Å². The van der Waals surface area contributed by atoms with Gasteiger partial charge in [-0.3, -0.25) is 4.79 Å². The summed E-state index contributed by atoms with van der Waals surface area (Å²) >= 11 is 0. The summed E-state index contributed by atoms with van der Waals surface area (Å²) in [5, 5.41) is 4.89. The maximum Gasteiger partial charge on any atom is 0.329 e. The molecule has 1 saturated heterocycles. The van der Waals surface area contributed by atoms with Gasteiger partial charge in [0.25, 0.3) is 5.91 Å². The lowest BCUT2D eigenvalue weighted by Crippen LogP contribution is -2.44. The van der Waals surface area contributed by atoms with Crippen molar-refractivity contribution >= 4 is 28.4 Å². The molecule has 2 aromatic carbocycles. The molecule has 1 N–H and O–H groups in total. The highest BCUT2D eigenvalue weighted by Crippen LogP contribution is 2.38. The highest BCUT2D eigenvalue weighted by Gasteiger charge is 2.53. The molecule has 0 radical (unpaired) electrons. The molecule has 4 nitrogen and oxygen atoms in total. The van der Waals surface area contributed by atoms with Gasteiger partial charge in [0.2, 0.25) is 0 Å². The van der Waals surface area contributed by atoms with Crippen LogP contribution in [0, 0.1) is 0 Å². The molecule has 0 bridgehead atoms. The standard InChI is InChI=1S/C17H16N2O2/c20-15-17(10-3-4-11-17)18-16(21)19(15)14-9-5-7-12-6-1-2-8-13(12)14/h1-2,5-9H,3-4,10-11H2,(H,18,21). The number of urea groups is 1. The molecule has 1 aliphatic heterocycles. The highest BCUT2D eigenvalue weighted by atomic mass is 16.2. The van der Waals surface area contributed by atoms with Gasteiger partial charge in [-0.2, -0.15) is 0 Å². The fourth-order valence-electron chi connectivity index (χ4n) is 3.56. The Morgan fingerprint density at radius 2 is 1.67 bits per heavy atom. The first-order valence-corrected chi connectivity index (χ1v) is 7.36. The largest absolute Gasteiger partial charge is 0.329 e. The van der Waals surface area contributed by atoms with Crippen molar-refractivity contribution in [2.75, 3.05) is 4.90 Å². The molecule has 2 aromatic rings. The highest BCUT2D eigenvalue weighted by molar-refractivity contribution is 6.26. The van der Waals surface area contributed by atoms with Crippen molar-refractivity contribution in [2.24, 2.45) is 0 Å². The number of imide groups is 1. The van der Waals surface area contributed by atoms with Gasteiger partial charge in [0.1, 0.15) is 5.54 Å². The number of nitrogens with one attached hydrogen (secondary N) is 1. The molecule has 1 spiro atoms. The van der Waals surface area contributed by atoms with E-state index in [2.05, 4.69) is 5.32 Å². The van der Waals surface area contributed by atoms with Crippen molar-refractivity contribution in [3.63, 3.8) is 0 Å². The van der Waals surface area contributed by atoms with Crippen molar-refractivity contribution in [1.82, 2.24) is 5.32 Å². The number of rotatable bonds is 1. The summed E-state index contributed by atoms with van der Waals surface area (Å²) < 4.78 is 0. The Kier molecular flexibility index (Phi) is 2.55. The fourth-order valence-corrected chi connectivity index (χ4v) is 3.56. The molecule has 1 saturated carbocycles. The van der Waals surface area contributed by atoms with Crippen LogP contribution in [0.1, 0.15) is 25.7 Å². The lowest BCUT2D eigenvalue weighted by molar-refractivity contribution is -0.121. The Hall–Kier alpha value is -2.36. The Bertz CT molecular complexity index is 742. The van der Waals surface area contributed by atoms with Crippen LogP contribution in [0.2, 0.25) is 0 Å². The minimum absolute atomic E-state index is 0.0960. The van der Waals surface area contributed by atoms with Crippen molar-refractivity contribution in [2.45, 2.75) is 31.2 Å². The normalized spacial score (nSPS) is 20.5. The fraction of sp³-hybridized carbons (Fsp3) is 0.294. The second-order valence-electron chi connectivity index (χ2n) is 5.86. The molecule has 2 aliphatic rings. The van der Waals surface area contributed by atoms with Crippen LogP contribution in [-0.2, 0) is 4.79 Å². The Morgan fingerprint density at radius 3 is 2.48 bits per heavy atom. The number of hydrogen-bond acceptors (Lipinski definition) is 2. The molecule has 4 heteroatoms. The van der Waals surface area contributed by atoms with Crippen molar-refractivity contribution < 1.29 is 9.59 Å². The lowest BCUT2D eigenvalue weighted by atomic mass is 9.97. The summed E-state index contributed by atoms with van der Waals surface area (Å²) in [6, 6.07) is 13.2. The average Bonchev–Trinajstić information content (AvgIpc) is 3.06. The van der Waals surface area contributed by atoms with Crippen LogP contribution in [0.15, 0.2) is 42.5 Å². The van der Waals surface area contributed by atoms with Crippen molar-refractivity contribution in [3.8, 4) is 0 Å². The maximum absolute atomic E-state index is 12.8. The number of carbonyl (C=O) groups excluding carboxylic acids is 2. The molecule has 2 fully saturated rings. The summed E-state index contributed by atoms with van der Waals surface area (Å²) in [6.45, 7) is 0. The Balaban J connectivity index is 1.85. The third-order valence-corrected chi connectivity index (χ3v) is 4.63. The minimum atomic E-state index is -0.659. The van der Waals surface area contributed by atoms with Crippen molar-refractivity contribution in [1.29, 1.82) is 0 Å². The van der Waals surface area contributed by atoms with Crippen LogP contribution in [-0.4, -0.2) is 17.5 Å². The molecule has 0 aromatic heterocycles. The van der Waals surface area contributed by atoms with Crippen LogP contribution >= 0.6 is 0 Å². The lowest BCUT2D eigenvalue weighted by Gasteiger charge is -2.20. The van der Waals surface area contributed by atoms with Gasteiger partial charge in [-0.25, -0.2) is 9.69 Å². The van der Waals surface area contributed by atoms with Gasteiger partial charge in [0.15, 0.2) is 0 Å². The third kappa shape index (κ3) is 1.68. The van der Waals surface area contributed by atoms with E-state index in [1.807, 2.05) is 42.5 Å². The SMILES string of the molecule is O=C1NC2(CCCC2)C(=O)N1c1cccc2ccccc12. The van der Waals surface area contributed by atoms with Gasteiger partial charge in [-0.1, -0.05) is 49.2 Å². The first-order chi connectivity index (χ1) is 10.2. The summed E-state index contributed by atoms with van der Waals surface area (Å²) in [5.41, 5.74) is 0.0213. The van der Waals surface area contributed by atoms with Gasteiger partial charge in [-0.15, -0.1) is 0 Å². The molecule has 1 aliphatic carbocycles. The van der Waals surface area contributed by atoms with E-state index in [1.54, 1.807) is 0 Å². The minimum Gasteiger partial charge on any atom is -0.323 e. The molecule has 4 rings (SSSR count). The number of fused-ring (bicyclic) bond motifs is 1. The van der Waals surface area contributed by atoms with Crippen LogP contribution in [0.4, 0.5) is 10.5 Å². The van der Waals surface area contributed by atoms with Crippen LogP contribution < -0.4 is 10.2 Å². The van der Waals surface area contributed by atoms with Crippen LogP contribution in [0.25, 0.3) is 10.8 Å². The maximum atomic E-state index is 12.8. The summed E-state index contributed by atoms with van der Waals surface area (Å²) in [4.78, 5) is 26.5. The molecular formula is C17H16N2O2. The summed E-state index contributed by atoms with van der Waals surface area (Å²) in [7, 11) is 0. The predicted octanol–water partition coefficient (Wildman–Crippen LogP) is 3.21. The Morgan fingerprint density at radius 1 is 0.952 bits per heavy atom. The van der Waals surface area contributed by atoms with E-state index in [-0.39, 0.29) is 11.9 Å². The predicted molar refractivity (Wildman–Crippen MR) is 81.2 cm³/mol. The monoisotopic (exact) mass is 280 g/mol. The smallest absolute Gasteiger partial charge is 0.323 e. The Labute approximate surface area is 122 Å². The van der Waals surface area contributed by atoms with Gasteiger partial charge in [0, 0.05) is 5.39 Å². The molecule has 0 atom stereocenters. The van der Waals surface area contributed by atoms with Gasteiger partial charge in [-0.05, 0) is 24.3 Å². The first-order valence-electron chi connectivity index (χ1n) is 7.36. The molecule has 3 amide bonds. The van der Waals surface area contributed by atoms with Gasteiger partial charge in [0.05, 0.1) is 5.69 Å². The zero-order valence-corrected chi connectivity index (χ0v) is 11.6. The van der Waals surface area contributed by atoms with E-state index in [4.69, 9.17) is 0 Å². The zero-order chi connectivity index (χ0) is 14.4. The molecule has 21 heavy (non-hydrogen) atoms. The number of hydrogen-bond donors (Lipinski definition) is 1. The molecular weight excluding hydrogens is 264 g/mol. The summed E-state index contributed by atoms with van der Waals surface area (Å²) in [6.07, 6.45) is 3.49. The molecule has 106 valence electrons. The first kappa shape index (κ1) is 12.4. The second-order valence-corrected chi connectivity index (χ2v) is 5.86. The van der Waals surface area contributed by atoms with Crippen LogP contribution in [0.5, 0.6) is 0 Å². The van der Waals surface area contributed by atoms with E-state index in [0.29, 0.717) is 5.69 Å². The number of nitrogens with zero attached hydrogens (tertiary/aromatic N) is 1. The van der Waals surface area contributed by atoms with Crippen molar-refractivity contribution in [3.05, 3.63) is 42.5 Å². The topological polar surface area (TPSA) is 49.4 Å². The van der Waals surface area contributed by atoms with E-state index in [1.165, 1.54) is 4.90 Å². The van der Waals surface area contributed by atoms with E-state index < -0.39 is 5.54 Å². The number of anilines is 1. The summed E-state index contributed by atoms with van der Waals surface area (Å²) in [5.74, 6) is -0.0960. The second kappa shape index (κ2) is 4.32. The quantitative estimate of drug-likeness (QED) is 0.815. The molecule has 1 heterocycles. The van der Waals surface area contributed by atoms with E-state index >= 15 is 0 Å². The number of carbonyl (C=O) groups is 2. The number of benzene rings is 2. The van der Waals surface area contributed by atoms with Gasteiger partial charge >= 0.3 is 6.03 Å². The zero-order valence-electron chi connectivity index (χ0n) is 11.6. The van der Waals surface area contributed by atoms with Gasteiger partial charge < -0.3 is 5.32 Å².